The van der Waals surface area contributed by atoms with Crippen molar-refractivity contribution in [2.24, 2.45) is 4.99 Å². The van der Waals surface area contributed by atoms with Crippen LogP contribution >= 0.6 is 11.3 Å². The van der Waals surface area contributed by atoms with Gasteiger partial charge in [0.2, 0.25) is 0 Å². The van der Waals surface area contributed by atoms with Crippen molar-refractivity contribution >= 4 is 22.7 Å². The van der Waals surface area contributed by atoms with Gasteiger partial charge >= 0.3 is 0 Å². The lowest BCUT2D eigenvalue weighted by molar-refractivity contribution is -0.384. The maximum Gasteiger partial charge on any atom is 0.294 e. The molecule has 0 bridgehead atoms. The molecule has 32 heavy (non-hydrogen) atoms. The molecule has 1 heterocycles. The minimum absolute atomic E-state index is 0.00817. The van der Waals surface area contributed by atoms with Crippen molar-refractivity contribution in [2.75, 3.05) is 14.2 Å². The van der Waals surface area contributed by atoms with E-state index in [0.29, 0.717) is 5.69 Å². The SMILES string of the molecule is COc1ccc(OC)c(-c2csc(=Nc3ccccc3[N+](=O)[O-])n2C2CCCCCC2)c1. The van der Waals surface area contributed by atoms with E-state index in [1.54, 1.807) is 32.4 Å². The molecule has 1 aromatic heterocycles. The van der Waals surface area contributed by atoms with Crippen molar-refractivity contribution in [3.05, 3.63) is 62.8 Å². The van der Waals surface area contributed by atoms with Gasteiger partial charge in [0.25, 0.3) is 5.69 Å². The van der Waals surface area contributed by atoms with Gasteiger partial charge in [0, 0.05) is 23.1 Å². The monoisotopic (exact) mass is 453 g/mol. The van der Waals surface area contributed by atoms with Crippen molar-refractivity contribution < 1.29 is 14.4 Å². The highest BCUT2D eigenvalue weighted by Gasteiger charge is 2.22. The Kier molecular flexibility index (Phi) is 6.90. The Morgan fingerprint density at radius 1 is 1.06 bits per heavy atom. The minimum atomic E-state index is -0.381. The quantitative estimate of drug-likeness (QED) is 0.250. The summed E-state index contributed by atoms with van der Waals surface area (Å²) >= 11 is 1.50. The summed E-state index contributed by atoms with van der Waals surface area (Å²) in [7, 11) is 3.31. The first kappa shape index (κ1) is 22.1. The summed E-state index contributed by atoms with van der Waals surface area (Å²) in [5, 5.41) is 13.6. The third kappa shape index (κ3) is 4.55. The third-order valence-electron chi connectivity index (χ3n) is 5.91. The highest BCUT2D eigenvalue weighted by atomic mass is 32.1. The second kappa shape index (κ2) is 9.99. The van der Waals surface area contributed by atoms with Crippen LogP contribution in [0.15, 0.2) is 52.8 Å². The molecule has 4 rings (SSSR count). The van der Waals surface area contributed by atoms with Crippen molar-refractivity contribution in [3.8, 4) is 22.8 Å². The molecule has 3 aromatic rings. The van der Waals surface area contributed by atoms with E-state index in [1.807, 2.05) is 18.2 Å². The van der Waals surface area contributed by atoms with Crippen LogP contribution < -0.4 is 14.3 Å². The van der Waals surface area contributed by atoms with Gasteiger partial charge in [-0.25, -0.2) is 4.99 Å². The van der Waals surface area contributed by atoms with E-state index in [0.717, 1.165) is 53.2 Å². The molecule has 0 radical (unpaired) electrons. The Labute approximate surface area is 191 Å². The largest absolute Gasteiger partial charge is 0.497 e. The smallest absolute Gasteiger partial charge is 0.294 e. The zero-order valence-electron chi connectivity index (χ0n) is 18.3. The van der Waals surface area contributed by atoms with E-state index in [2.05, 4.69) is 9.95 Å². The Hall–Kier alpha value is -3.13. The van der Waals surface area contributed by atoms with E-state index in [1.165, 1.54) is 30.2 Å². The molecule has 1 fully saturated rings. The fraction of sp³-hybridized carbons (Fsp3) is 0.375. The molecule has 2 aromatic carbocycles. The topological polar surface area (TPSA) is 78.9 Å². The van der Waals surface area contributed by atoms with Gasteiger partial charge in [-0.1, -0.05) is 37.8 Å². The summed E-state index contributed by atoms with van der Waals surface area (Å²) in [6.45, 7) is 0. The zero-order chi connectivity index (χ0) is 22.5. The lowest BCUT2D eigenvalue weighted by atomic mass is 10.1. The zero-order valence-corrected chi connectivity index (χ0v) is 19.1. The van der Waals surface area contributed by atoms with Gasteiger partial charge in [0.05, 0.1) is 24.8 Å². The number of nitro groups is 1. The van der Waals surface area contributed by atoms with Crippen molar-refractivity contribution in [3.63, 3.8) is 0 Å². The van der Waals surface area contributed by atoms with Crippen LogP contribution in [-0.2, 0) is 0 Å². The van der Waals surface area contributed by atoms with Crippen LogP contribution in [-0.4, -0.2) is 23.7 Å². The molecule has 0 aliphatic heterocycles. The van der Waals surface area contributed by atoms with E-state index < -0.39 is 0 Å². The van der Waals surface area contributed by atoms with E-state index >= 15 is 0 Å². The molecular formula is C24H27N3O4S. The van der Waals surface area contributed by atoms with Gasteiger partial charge in [-0.15, -0.1) is 11.3 Å². The van der Waals surface area contributed by atoms with Gasteiger partial charge in [-0.3, -0.25) is 10.1 Å². The number of nitrogens with zero attached hydrogens (tertiary/aromatic N) is 3. The molecule has 1 aliphatic rings. The predicted octanol–water partition coefficient (Wildman–Crippen LogP) is 6.27. The van der Waals surface area contributed by atoms with E-state index in [9.17, 15) is 10.1 Å². The molecule has 0 unspecified atom stereocenters. The van der Waals surface area contributed by atoms with Crippen molar-refractivity contribution in [2.45, 2.75) is 44.6 Å². The molecule has 0 N–H and O–H groups in total. The average Bonchev–Trinajstić information content (AvgIpc) is 3.03. The summed E-state index contributed by atoms with van der Waals surface area (Å²) in [6.07, 6.45) is 6.89. The van der Waals surface area contributed by atoms with E-state index in [-0.39, 0.29) is 16.7 Å². The number of hydrogen-bond acceptors (Lipinski definition) is 6. The molecule has 0 saturated heterocycles. The molecule has 0 amide bonds. The highest BCUT2D eigenvalue weighted by molar-refractivity contribution is 7.07. The molecule has 1 saturated carbocycles. The van der Waals surface area contributed by atoms with Gasteiger partial charge in [-0.2, -0.15) is 0 Å². The van der Waals surface area contributed by atoms with Crippen LogP contribution in [0.4, 0.5) is 11.4 Å². The van der Waals surface area contributed by atoms with E-state index in [4.69, 9.17) is 14.5 Å². The first-order chi connectivity index (χ1) is 15.6. The highest BCUT2D eigenvalue weighted by Crippen LogP contribution is 2.38. The first-order valence-corrected chi connectivity index (χ1v) is 11.7. The van der Waals surface area contributed by atoms with Gasteiger partial charge < -0.3 is 14.0 Å². The summed E-state index contributed by atoms with van der Waals surface area (Å²) in [4.78, 5) is 16.7. The van der Waals surface area contributed by atoms with Crippen LogP contribution in [0.25, 0.3) is 11.3 Å². The number of nitro benzene ring substituents is 1. The molecular weight excluding hydrogens is 426 g/mol. The van der Waals surface area contributed by atoms with Crippen LogP contribution in [0.2, 0.25) is 0 Å². The average molecular weight is 454 g/mol. The normalized spacial score (nSPS) is 15.4. The van der Waals surface area contributed by atoms with Gasteiger partial charge in [0.15, 0.2) is 4.80 Å². The van der Waals surface area contributed by atoms with Crippen molar-refractivity contribution in [1.82, 2.24) is 4.57 Å². The maximum absolute atomic E-state index is 11.5. The lowest BCUT2D eigenvalue weighted by Crippen LogP contribution is -2.21. The molecule has 0 atom stereocenters. The number of aromatic nitrogens is 1. The number of para-hydroxylation sites is 2. The van der Waals surface area contributed by atoms with Gasteiger partial charge in [0.1, 0.15) is 17.2 Å². The van der Waals surface area contributed by atoms with Gasteiger partial charge in [-0.05, 0) is 37.1 Å². The Morgan fingerprint density at radius 3 is 2.50 bits per heavy atom. The lowest BCUT2D eigenvalue weighted by Gasteiger charge is -2.21. The maximum atomic E-state index is 11.5. The second-order valence-electron chi connectivity index (χ2n) is 7.84. The third-order valence-corrected chi connectivity index (χ3v) is 6.75. The molecule has 0 spiro atoms. The Bertz CT molecular complexity index is 1160. The van der Waals surface area contributed by atoms with Crippen LogP contribution in [0.1, 0.15) is 44.6 Å². The summed E-state index contributed by atoms with van der Waals surface area (Å²) in [5.41, 5.74) is 2.30. The second-order valence-corrected chi connectivity index (χ2v) is 8.68. The summed E-state index contributed by atoms with van der Waals surface area (Å²) in [5.74, 6) is 1.50. The fourth-order valence-corrected chi connectivity index (χ4v) is 5.27. The Balaban J connectivity index is 1.94. The fourth-order valence-electron chi connectivity index (χ4n) is 4.30. The van der Waals surface area contributed by atoms with Crippen LogP contribution in [0, 0.1) is 10.1 Å². The number of methoxy groups -OCH3 is 2. The summed E-state index contributed by atoms with van der Waals surface area (Å²) < 4.78 is 13.4. The number of ether oxygens (including phenoxy) is 2. The standard InChI is InChI=1S/C24H27N3O4S/c1-30-18-13-14-23(31-2)19(15-18)22-16-32-24(26(22)17-9-5-3-4-6-10-17)25-20-11-7-8-12-21(20)27(28)29/h7-8,11-17H,3-6,9-10H2,1-2H3. The molecule has 8 heteroatoms. The molecule has 1 aliphatic carbocycles. The van der Waals surface area contributed by atoms with Crippen LogP contribution in [0.3, 0.4) is 0 Å². The predicted molar refractivity (Wildman–Crippen MR) is 126 cm³/mol. The minimum Gasteiger partial charge on any atom is -0.497 e. The van der Waals surface area contributed by atoms with Crippen LogP contribution in [0.5, 0.6) is 11.5 Å². The number of thiazole rings is 1. The number of rotatable bonds is 6. The Morgan fingerprint density at radius 2 is 1.81 bits per heavy atom. The molecule has 7 nitrogen and oxygen atoms in total. The molecule has 168 valence electrons. The number of benzene rings is 2. The number of hydrogen-bond donors (Lipinski definition) is 0. The first-order valence-electron chi connectivity index (χ1n) is 10.8. The summed E-state index contributed by atoms with van der Waals surface area (Å²) in [6, 6.07) is 12.7. The van der Waals surface area contributed by atoms with Crippen molar-refractivity contribution in [1.29, 1.82) is 0 Å².